The van der Waals surface area contributed by atoms with Gasteiger partial charge in [-0.05, 0) is 37.1 Å². The average Bonchev–Trinajstić information content (AvgIpc) is 2.45. The van der Waals surface area contributed by atoms with Crippen LogP contribution in [0, 0.1) is 0 Å². The van der Waals surface area contributed by atoms with Crippen molar-refractivity contribution in [2.45, 2.75) is 43.7 Å². The molecule has 112 valence electrons. The molecule has 1 fully saturated rings. The number of thioether (sulfide) groups is 1. The van der Waals surface area contributed by atoms with Crippen molar-refractivity contribution >= 4 is 11.8 Å². The van der Waals surface area contributed by atoms with Crippen LogP contribution in [0.2, 0.25) is 0 Å². The van der Waals surface area contributed by atoms with Gasteiger partial charge in [-0.1, -0.05) is 24.6 Å². The molecule has 2 atom stereocenters. The van der Waals surface area contributed by atoms with Gasteiger partial charge in [0.25, 0.3) is 0 Å². The zero-order chi connectivity index (χ0) is 14.6. The Morgan fingerprint density at radius 1 is 1.30 bits per heavy atom. The maximum Gasteiger partial charge on any atom is 0.416 e. The Morgan fingerprint density at radius 3 is 2.70 bits per heavy atom. The van der Waals surface area contributed by atoms with Crippen LogP contribution in [0.1, 0.15) is 43.4 Å². The molecule has 1 nitrogen and oxygen atoms in total. The minimum absolute atomic E-state index is 0.282. The van der Waals surface area contributed by atoms with E-state index < -0.39 is 11.7 Å². The predicted molar refractivity (Wildman–Crippen MR) is 78.0 cm³/mol. The molecule has 1 aliphatic rings. The quantitative estimate of drug-likeness (QED) is 0.869. The summed E-state index contributed by atoms with van der Waals surface area (Å²) in [6.07, 6.45) is -0.641. The zero-order valence-corrected chi connectivity index (χ0v) is 12.4. The summed E-state index contributed by atoms with van der Waals surface area (Å²) in [5.41, 5.74) is -0.197. The Hall–Kier alpha value is -0.680. The maximum absolute atomic E-state index is 13.0. The van der Waals surface area contributed by atoms with Gasteiger partial charge in [0.2, 0.25) is 0 Å². The smallest absolute Gasteiger partial charge is 0.309 e. The second-order valence-corrected chi connectivity index (χ2v) is 6.61. The van der Waals surface area contributed by atoms with E-state index in [9.17, 15) is 13.2 Å². The van der Waals surface area contributed by atoms with Crippen LogP contribution in [0.5, 0.6) is 0 Å². The van der Waals surface area contributed by atoms with Gasteiger partial charge in [0, 0.05) is 17.8 Å². The Kier molecular flexibility index (Phi) is 5.38. The molecule has 20 heavy (non-hydrogen) atoms. The van der Waals surface area contributed by atoms with E-state index in [1.807, 2.05) is 11.8 Å². The van der Waals surface area contributed by atoms with Gasteiger partial charge in [-0.15, -0.1) is 0 Å². The SMILES string of the molecule is CC(NCC1CCCCS1)c1ccccc1C(F)(F)F. The van der Waals surface area contributed by atoms with Crippen LogP contribution in [0.15, 0.2) is 24.3 Å². The molecule has 1 saturated heterocycles. The Morgan fingerprint density at radius 2 is 2.05 bits per heavy atom. The molecule has 1 aromatic carbocycles. The lowest BCUT2D eigenvalue weighted by molar-refractivity contribution is -0.138. The Bertz CT molecular complexity index is 427. The van der Waals surface area contributed by atoms with Crippen LogP contribution in [0.25, 0.3) is 0 Å². The zero-order valence-electron chi connectivity index (χ0n) is 11.5. The molecule has 0 aliphatic carbocycles. The molecule has 0 aromatic heterocycles. The molecular formula is C15H20F3NS. The normalized spacial score (nSPS) is 21.7. The molecule has 5 heteroatoms. The summed E-state index contributed by atoms with van der Waals surface area (Å²) in [5.74, 6) is 1.17. The van der Waals surface area contributed by atoms with Gasteiger partial charge in [-0.2, -0.15) is 24.9 Å². The van der Waals surface area contributed by atoms with E-state index in [0.29, 0.717) is 10.8 Å². The minimum atomic E-state index is -4.29. The Balaban J connectivity index is 2.00. The molecule has 1 aromatic rings. The van der Waals surface area contributed by atoms with Crippen molar-refractivity contribution in [2.24, 2.45) is 0 Å². The van der Waals surface area contributed by atoms with Crippen LogP contribution >= 0.6 is 11.8 Å². The lowest BCUT2D eigenvalue weighted by Gasteiger charge is -2.25. The van der Waals surface area contributed by atoms with Crippen LogP contribution in [-0.4, -0.2) is 17.5 Å². The fourth-order valence-electron chi connectivity index (χ4n) is 2.52. The summed E-state index contributed by atoms with van der Waals surface area (Å²) in [5, 5.41) is 3.79. The summed E-state index contributed by atoms with van der Waals surface area (Å²) in [7, 11) is 0. The summed E-state index contributed by atoms with van der Waals surface area (Å²) in [4.78, 5) is 0. The Labute approximate surface area is 122 Å². The van der Waals surface area contributed by atoms with E-state index in [4.69, 9.17) is 0 Å². The second-order valence-electron chi connectivity index (χ2n) is 5.20. The van der Waals surface area contributed by atoms with E-state index in [1.54, 1.807) is 19.1 Å². The first kappa shape index (κ1) is 15.7. The third-order valence-electron chi connectivity index (χ3n) is 3.66. The molecule has 1 N–H and O–H groups in total. The molecule has 2 rings (SSSR count). The van der Waals surface area contributed by atoms with E-state index >= 15 is 0 Å². The van der Waals surface area contributed by atoms with Gasteiger partial charge in [0.15, 0.2) is 0 Å². The standard InChI is InChI=1S/C15H20F3NS/c1-11(19-10-12-6-4-5-9-20-12)13-7-2-3-8-14(13)15(16,17)18/h2-3,7-8,11-12,19H,4-6,9-10H2,1H3. The number of hydrogen-bond donors (Lipinski definition) is 1. The van der Waals surface area contributed by atoms with Crippen LogP contribution < -0.4 is 5.32 Å². The molecule has 0 radical (unpaired) electrons. The number of rotatable bonds is 4. The van der Waals surface area contributed by atoms with Crippen molar-refractivity contribution < 1.29 is 13.2 Å². The molecule has 2 unspecified atom stereocenters. The topological polar surface area (TPSA) is 12.0 Å². The highest BCUT2D eigenvalue weighted by molar-refractivity contribution is 7.99. The van der Waals surface area contributed by atoms with Gasteiger partial charge in [-0.3, -0.25) is 0 Å². The molecule has 1 aliphatic heterocycles. The van der Waals surface area contributed by atoms with Gasteiger partial charge >= 0.3 is 6.18 Å². The van der Waals surface area contributed by atoms with Crippen molar-refractivity contribution in [1.29, 1.82) is 0 Å². The summed E-state index contributed by atoms with van der Waals surface area (Å²) in [6, 6.07) is 5.54. The minimum Gasteiger partial charge on any atom is -0.309 e. The highest BCUT2D eigenvalue weighted by Crippen LogP contribution is 2.34. The number of nitrogens with one attached hydrogen (secondary N) is 1. The van der Waals surface area contributed by atoms with Gasteiger partial charge in [0.05, 0.1) is 5.56 Å². The van der Waals surface area contributed by atoms with Crippen molar-refractivity contribution in [1.82, 2.24) is 5.32 Å². The lowest BCUT2D eigenvalue weighted by atomic mass is 10.0. The number of alkyl halides is 3. The predicted octanol–water partition coefficient (Wildman–Crippen LogP) is 4.64. The molecule has 0 bridgehead atoms. The number of benzene rings is 1. The number of halogens is 3. The first-order valence-corrected chi connectivity index (χ1v) is 8.04. The van der Waals surface area contributed by atoms with Crippen molar-refractivity contribution in [3.8, 4) is 0 Å². The monoisotopic (exact) mass is 303 g/mol. The van der Waals surface area contributed by atoms with E-state index in [1.165, 1.54) is 24.7 Å². The fraction of sp³-hybridized carbons (Fsp3) is 0.600. The second kappa shape index (κ2) is 6.85. The first-order valence-electron chi connectivity index (χ1n) is 6.99. The first-order chi connectivity index (χ1) is 9.48. The molecule has 1 heterocycles. The fourth-order valence-corrected chi connectivity index (χ4v) is 3.77. The highest BCUT2D eigenvalue weighted by atomic mass is 32.2. The number of hydrogen-bond acceptors (Lipinski definition) is 2. The van der Waals surface area contributed by atoms with Crippen molar-refractivity contribution in [3.05, 3.63) is 35.4 Å². The third kappa shape index (κ3) is 4.16. The molecule has 0 spiro atoms. The van der Waals surface area contributed by atoms with Gasteiger partial charge in [0.1, 0.15) is 0 Å². The average molecular weight is 303 g/mol. The van der Waals surface area contributed by atoms with E-state index in [0.717, 1.165) is 19.0 Å². The van der Waals surface area contributed by atoms with E-state index in [-0.39, 0.29) is 6.04 Å². The van der Waals surface area contributed by atoms with Crippen LogP contribution in [0.4, 0.5) is 13.2 Å². The van der Waals surface area contributed by atoms with Crippen molar-refractivity contribution in [2.75, 3.05) is 12.3 Å². The summed E-state index contributed by atoms with van der Waals surface area (Å²) < 4.78 is 38.9. The lowest BCUT2D eigenvalue weighted by Crippen LogP contribution is -2.30. The summed E-state index contributed by atoms with van der Waals surface area (Å²) >= 11 is 1.93. The maximum atomic E-state index is 13.0. The van der Waals surface area contributed by atoms with Gasteiger partial charge in [-0.25, -0.2) is 0 Å². The molecule has 0 saturated carbocycles. The highest BCUT2D eigenvalue weighted by Gasteiger charge is 2.34. The summed E-state index contributed by atoms with van der Waals surface area (Å²) in [6.45, 7) is 2.58. The van der Waals surface area contributed by atoms with Crippen LogP contribution in [0.3, 0.4) is 0 Å². The largest absolute Gasteiger partial charge is 0.416 e. The molecule has 0 amide bonds. The van der Waals surface area contributed by atoms with E-state index in [2.05, 4.69) is 5.32 Å². The third-order valence-corrected chi connectivity index (χ3v) is 5.06. The van der Waals surface area contributed by atoms with Gasteiger partial charge < -0.3 is 5.32 Å². The van der Waals surface area contributed by atoms with Crippen LogP contribution in [-0.2, 0) is 6.18 Å². The molecular weight excluding hydrogens is 283 g/mol. The van der Waals surface area contributed by atoms with Crippen molar-refractivity contribution in [3.63, 3.8) is 0 Å².